The van der Waals surface area contributed by atoms with Gasteiger partial charge in [-0.2, -0.15) is 0 Å². The van der Waals surface area contributed by atoms with E-state index in [1.165, 1.54) is 0 Å². The molecule has 0 aromatic heterocycles. The van der Waals surface area contributed by atoms with Gasteiger partial charge in [0.15, 0.2) is 0 Å². The van der Waals surface area contributed by atoms with Crippen molar-refractivity contribution in [2.75, 3.05) is 19.6 Å². The van der Waals surface area contributed by atoms with E-state index in [9.17, 15) is 9.90 Å². The highest BCUT2D eigenvalue weighted by atomic mass is 16.3. The zero-order valence-corrected chi connectivity index (χ0v) is 15.3. The first kappa shape index (κ1) is 18.9. The second-order valence-electron chi connectivity index (χ2n) is 6.23. The molecule has 0 radical (unpaired) electrons. The minimum Gasteiger partial charge on any atom is -0.875 e. The van der Waals surface area contributed by atoms with E-state index in [4.69, 9.17) is 0 Å². The molecular formula is C22H27NO2. The predicted octanol–water partition coefficient (Wildman–Crippen LogP) is 3.57. The third-order valence-corrected chi connectivity index (χ3v) is 5.06. The Hall–Kier alpha value is -2.39. The van der Waals surface area contributed by atoms with Crippen LogP contribution >= 0.6 is 0 Å². The molecule has 0 aliphatic carbocycles. The zero-order chi connectivity index (χ0) is 18.3. The lowest BCUT2D eigenvalue weighted by Crippen LogP contribution is -2.55. The molecule has 2 aromatic rings. The van der Waals surface area contributed by atoms with Crippen molar-refractivity contribution in [3.63, 3.8) is 0 Å². The van der Waals surface area contributed by atoms with Crippen molar-refractivity contribution in [3.05, 3.63) is 77.5 Å². The van der Waals surface area contributed by atoms with Gasteiger partial charge in [0.2, 0.25) is 0 Å². The minimum atomic E-state index is -0.763. The first-order valence-electron chi connectivity index (χ1n) is 8.97. The summed E-state index contributed by atoms with van der Waals surface area (Å²) in [6.45, 7) is 8.10. The minimum absolute atomic E-state index is 0.0177. The maximum atomic E-state index is 13.4. The van der Waals surface area contributed by atoms with Crippen LogP contribution in [-0.2, 0) is 4.79 Å². The SMILES string of the molecule is CC[N+](CC)(CC)C(=O)C(/C([O-])=C/c1ccccc1)c1ccccc1. The number of hydrogen-bond donors (Lipinski definition) is 0. The van der Waals surface area contributed by atoms with Crippen LogP contribution in [0, 0.1) is 0 Å². The van der Waals surface area contributed by atoms with Crippen LogP contribution in [0.15, 0.2) is 66.4 Å². The second-order valence-corrected chi connectivity index (χ2v) is 6.23. The number of likely N-dealkylation sites (N-methyl/N-ethyl adjacent to an activating group) is 1. The van der Waals surface area contributed by atoms with Crippen molar-refractivity contribution in [1.82, 2.24) is 0 Å². The van der Waals surface area contributed by atoms with Crippen molar-refractivity contribution in [2.45, 2.75) is 26.7 Å². The fraction of sp³-hybridized carbons (Fsp3) is 0.318. The summed E-state index contributed by atoms with van der Waals surface area (Å²) in [5.74, 6) is -0.933. The molecule has 0 spiro atoms. The Labute approximate surface area is 150 Å². The van der Waals surface area contributed by atoms with Crippen LogP contribution in [0.1, 0.15) is 37.8 Å². The van der Waals surface area contributed by atoms with Crippen molar-refractivity contribution < 1.29 is 14.4 Å². The van der Waals surface area contributed by atoms with Crippen LogP contribution in [-0.4, -0.2) is 30.0 Å². The summed E-state index contributed by atoms with van der Waals surface area (Å²) >= 11 is 0. The Morgan fingerprint density at radius 2 is 1.40 bits per heavy atom. The van der Waals surface area contributed by atoms with Gasteiger partial charge in [-0.25, -0.2) is 4.79 Å². The molecule has 3 heteroatoms. The zero-order valence-electron chi connectivity index (χ0n) is 15.3. The van der Waals surface area contributed by atoms with Gasteiger partial charge in [-0.05, 0) is 31.9 Å². The standard InChI is InChI=1S/C22H27NO2/c1-4-23(5-2,6-3)22(25)21(19-15-11-8-12-16-19)20(24)17-18-13-9-7-10-14-18/h7-17,21H,4-6H2,1-3H3/b20-17-. The third kappa shape index (κ3) is 4.18. The monoisotopic (exact) mass is 337 g/mol. The molecule has 3 nitrogen and oxygen atoms in total. The molecule has 132 valence electrons. The van der Waals surface area contributed by atoms with Crippen LogP contribution in [0.25, 0.3) is 6.08 Å². The van der Waals surface area contributed by atoms with Gasteiger partial charge in [-0.1, -0.05) is 66.7 Å². The summed E-state index contributed by atoms with van der Waals surface area (Å²) in [6, 6.07) is 18.9. The number of amides is 1. The normalized spacial score (nSPS) is 13.5. The predicted molar refractivity (Wildman–Crippen MR) is 100 cm³/mol. The van der Waals surface area contributed by atoms with E-state index < -0.39 is 5.92 Å². The summed E-state index contributed by atoms with van der Waals surface area (Å²) in [5, 5.41) is 13.1. The van der Waals surface area contributed by atoms with Gasteiger partial charge >= 0.3 is 5.91 Å². The number of nitrogens with zero attached hydrogens (tertiary/aromatic N) is 1. The van der Waals surface area contributed by atoms with E-state index >= 15 is 0 Å². The van der Waals surface area contributed by atoms with Crippen LogP contribution in [0.2, 0.25) is 0 Å². The number of carbonyl (C=O) groups excluding carboxylic acids is 1. The lowest BCUT2D eigenvalue weighted by molar-refractivity contribution is -0.850. The summed E-state index contributed by atoms with van der Waals surface area (Å²) in [7, 11) is 0. The van der Waals surface area contributed by atoms with E-state index in [0.717, 1.165) is 11.1 Å². The first-order valence-corrected chi connectivity index (χ1v) is 8.97. The Morgan fingerprint density at radius 3 is 1.88 bits per heavy atom. The maximum Gasteiger partial charge on any atom is 0.324 e. The average Bonchev–Trinajstić information content (AvgIpc) is 2.65. The van der Waals surface area contributed by atoms with Gasteiger partial charge in [0.25, 0.3) is 0 Å². The largest absolute Gasteiger partial charge is 0.875 e. The molecule has 0 aliphatic heterocycles. The molecule has 0 fully saturated rings. The van der Waals surface area contributed by atoms with Crippen LogP contribution in [0.4, 0.5) is 0 Å². The smallest absolute Gasteiger partial charge is 0.324 e. The first-order chi connectivity index (χ1) is 12.1. The Kier molecular flexibility index (Phi) is 6.54. The highest BCUT2D eigenvalue weighted by molar-refractivity contribution is 5.82. The molecule has 0 heterocycles. The van der Waals surface area contributed by atoms with Gasteiger partial charge in [-0.3, -0.25) is 4.48 Å². The van der Waals surface area contributed by atoms with Crippen LogP contribution in [0.5, 0.6) is 0 Å². The molecule has 1 amide bonds. The van der Waals surface area contributed by atoms with Gasteiger partial charge in [0.05, 0.1) is 19.6 Å². The molecule has 0 saturated carbocycles. The number of hydrogen-bond acceptors (Lipinski definition) is 2. The van der Waals surface area contributed by atoms with Gasteiger partial charge in [0.1, 0.15) is 5.92 Å². The maximum absolute atomic E-state index is 13.4. The van der Waals surface area contributed by atoms with Crippen LogP contribution < -0.4 is 5.11 Å². The van der Waals surface area contributed by atoms with Gasteiger partial charge < -0.3 is 5.11 Å². The van der Waals surface area contributed by atoms with E-state index in [2.05, 4.69) is 0 Å². The Morgan fingerprint density at radius 1 is 0.920 bits per heavy atom. The summed E-state index contributed by atoms with van der Waals surface area (Å²) in [5.41, 5.74) is 1.59. The molecule has 0 aliphatic rings. The fourth-order valence-corrected chi connectivity index (χ4v) is 3.28. The third-order valence-electron chi connectivity index (χ3n) is 5.06. The molecule has 25 heavy (non-hydrogen) atoms. The fourth-order valence-electron chi connectivity index (χ4n) is 3.28. The highest BCUT2D eigenvalue weighted by Gasteiger charge is 2.38. The molecule has 1 unspecified atom stereocenters. The molecule has 2 rings (SSSR count). The molecule has 1 atom stereocenters. The number of rotatable bonds is 7. The average molecular weight is 337 g/mol. The van der Waals surface area contributed by atoms with Crippen molar-refractivity contribution >= 4 is 12.0 Å². The molecule has 0 bridgehead atoms. The van der Waals surface area contributed by atoms with Gasteiger partial charge in [-0.15, -0.1) is 5.76 Å². The molecule has 0 N–H and O–H groups in total. The summed E-state index contributed by atoms with van der Waals surface area (Å²) in [6.07, 6.45) is 1.59. The van der Waals surface area contributed by atoms with Crippen molar-refractivity contribution in [2.24, 2.45) is 0 Å². The number of quaternary nitrogens is 1. The quantitative estimate of drug-likeness (QED) is 0.572. The van der Waals surface area contributed by atoms with E-state index in [1.807, 2.05) is 81.4 Å². The molecular weight excluding hydrogens is 310 g/mol. The summed E-state index contributed by atoms with van der Waals surface area (Å²) in [4.78, 5) is 13.4. The molecule has 2 aromatic carbocycles. The summed E-state index contributed by atoms with van der Waals surface area (Å²) < 4.78 is 0.313. The van der Waals surface area contributed by atoms with Gasteiger partial charge in [0, 0.05) is 0 Å². The second kappa shape index (κ2) is 8.63. The Bertz CT molecular complexity index is 695. The van der Waals surface area contributed by atoms with Crippen molar-refractivity contribution in [3.8, 4) is 0 Å². The number of benzene rings is 2. The Balaban J connectivity index is 2.51. The van der Waals surface area contributed by atoms with E-state index in [1.54, 1.807) is 6.08 Å². The lowest BCUT2D eigenvalue weighted by atomic mass is 9.93. The van der Waals surface area contributed by atoms with Crippen molar-refractivity contribution in [1.29, 1.82) is 0 Å². The topological polar surface area (TPSA) is 40.1 Å². The highest BCUT2D eigenvalue weighted by Crippen LogP contribution is 2.28. The lowest BCUT2D eigenvalue weighted by Gasteiger charge is -2.37. The molecule has 0 saturated heterocycles. The number of carbonyl (C=O) groups is 1. The van der Waals surface area contributed by atoms with Crippen LogP contribution in [0.3, 0.4) is 0 Å². The van der Waals surface area contributed by atoms with E-state index in [-0.39, 0.29) is 11.7 Å². The van der Waals surface area contributed by atoms with E-state index in [0.29, 0.717) is 24.1 Å².